The number of aryl methyl sites for hydroxylation is 3. The van der Waals surface area contributed by atoms with Gasteiger partial charge >= 0.3 is 0 Å². The number of aldehydes is 1. The lowest BCUT2D eigenvalue weighted by atomic mass is 10.1. The number of benzene rings is 1. The zero-order valence-corrected chi connectivity index (χ0v) is 10.7. The van der Waals surface area contributed by atoms with Crippen molar-refractivity contribution < 1.29 is 4.79 Å². The highest BCUT2D eigenvalue weighted by Crippen LogP contribution is 2.26. The maximum absolute atomic E-state index is 10.8. The molecule has 0 radical (unpaired) electrons. The minimum Gasteiger partial charge on any atom is -0.298 e. The van der Waals surface area contributed by atoms with Crippen LogP contribution in [0.3, 0.4) is 0 Å². The summed E-state index contributed by atoms with van der Waals surface area (Å²) in [5.74, 6) is 0. The molecule has 0 amide bonds. The number of halogens is 1. The third kappa shape index (κ3) is 2.11. The van der Waals surface area contributed by atoms with Gasteiger partial charge in [0.25, 0.3) is 0 Å². The van der Waals surface area contributed by atoms with Crippen LogP contribution >= 0.6 is 11.6 Å². The Morgan fingerprint density at radius 1 is 1.29 bits per heavy atom. The Kier molecular flexibility index (Phi) is 3.03. The predicted molar refractivity (Wildman–Crippen MR) is 68.2 cm³/mol. The highest BCUT2D eigenvalue weighted by molar-refractivity contribution is 6.32. The van der Waals surface area contributed by atoms with Crippen LogP contribution in [0, 0.1) is 20.8 Å². The van der Waals surface area contributed by atoms with Crippen LogP contribution in [0.15, 0.2) is 18.3 Å². The van der Waals surface area contributed by atoms with E-state index in [-0.39, 0.29) is 0 Å². The molecule has 4 heteroatoms. The van der Waals surface area contributed by atoms with Crippen molar-refractivity contribution in [2.45, 2.75) is 20.8 Å². The molecule has 0 aliphatic rings. The molecule has 0 fully saturated rings. The van der Waals surface area contributed by atoms with Crippen molar-refractivity contribution in [3.63, 3.8) is 0 Å². The minimum atomic E-state index is 0.584. The Labute approximate surface area is 105 Å². The van der Waals surface area contributed by atoms with Crippen molar-refractivity contribution in [1.29, 1.82) is 0 Å². The Morgan fingerprint density at radius 2 is 2.00 bits per heavy atom. The van der Waals surface area contributed by atoms with Crippen molar-refractivity contribution in [2.75, 3.05) is 0 Å². The SMILES string of the molecule is Cc1cc(C)c(-n2cc(C=O)c(C)n2)c(Cl)c1. The second-order valence-corrected chi connectivity index (χ2v) is 4.55. The van der Waals surface area contributed by atoms with Gasteiger partial charge in [-0.15, -0.1) is 0 Å². The van der Waals surface area contributed by atoms with E-state index < -0.39 is 0 Å². The van der Waals surface area contributed by atoms with Crippen LogP contribution in [-0.2, 0) is 0 Å². The lowest BCUT2D eigenvalue weighted by Crippen LogP contribution is -1.99. The summed E-state index contributed by atoms with van der Waals surface area (Å²) >= 11 is 6.22. The summed E-state index contributed by atoms with van der Waals surface area (Å²) in [6.45, 7) is 5.78. The van der Waals surface area contributed by atoms with E-state index in [0.29, 0.717) is 16.3 Å². The molecule has 3 nitrogen and oxygen atoms in total. The molecule has 0 aliphatic heterocycles. The lowest BCUT2D eigenvalue weighted by molar-refractivity contribution is 0.112. The fourth-order valence-corrected chi connectivity index (χ4v) is 2.31. The van der Waals surface area contributed by atoms with E-state index >= 15 is 0 Å². The molecule has 2 rings (SSSR count). The average Bonchev–Trinajstić information content (AvgIpc) is 2.57. The lowest BCUT2D eigenvalue weighted by Gasteiger charge is -2.09. The first-order valence-corrected chi connectivity index (χ1v) is 5.69. The van der Waals surface area contributed by atoms with Crippen molar-refractivity contribution >= 4 is 17.9 Å². The minimum absolute atomic E-state index is 0.584. The normalized spacial score (nSPS) is 10.6. The largest absolute Gasteiger partial charge is 0.298 e. The molecule has 2 aromatic rings. The molecule has 0 atom stereocenters. The van der Waals surface area contributed by atoms with E-state index in [1.165, 1.54) is 0 Å². The molecule has 0 spiro atoms. The van der Waals surface area contributed by atoms with Gasteiger partial charge in [0.1, 0.15) is 0 Å². The summed E-state index contributed by atoms with van der Waals surface area (Å²) in [4.78, 5) is 10.8. The molecule has 17 heavy (non-hydrogen) atoms. The number of carbonyl (C=O) groups excluding carboxylic acids is 1. The summed E-state index contributed by atoms with van der Waals surface area (Å²) in [6.07, 6.45) is 2.50. The quantitative estimate of drug-likeness (QED) is 0.765. The zero-order valence-electron chi connectivity index (χ0n) is 9.99. The van der Waals surface area contributed by atoms with Crippen LogP contribution in [-0.4, -0.2) is 16.1 Å². The Morgan fingerprint density at radius 3 is 2.53 bits per heavy atom. The Hall–Kier alpha value is -1.61. The topological polar surface area (TPSA) is 34.9 Å². The Balaban J connectivity index is 2.64. The second-order valence-electron chi connectivity index (χ2n) is 4.14. The maximum atomic E-state index is 10.8. The molecule has 88 valence electrons. The van der Waals surface area contributed by atoms with Crippen LogP contribution in [0.2, 0.25) is 5.02 Å². The summed E-state index contributed by atoms with van der Waals surface area (Å²) in [6, 6.07) is 3.93. The van der Waals surface area contributed by atoms with E-state index in [9.17, 15) is 4.79 Å². The van der Waals surface area contributed by atoms with Crippen LogP contribution in [0.5, 0.6) is 0 Å². The number of hydrogen-bond acceptors (Lipinski definition) is 2. The van der Waals surface area contributed by atoms with Crippen LogP contribution < -0.4 is 0 Å². The van der Waals surface area contributed by atoms with Crippen molar-refractivity contribution in [1.82, 2.24) is 9.78 Å². The fraction of sp³-hybridized carbons (Fsp3) is 0.231. The van der Waals surface area contributed by atoms with Crippen molar-refractivity contribution in [3.8, 4) is 5.69 Å². The number of aromatic nitrogens is 2. The smallest absolute Gasteiger partial charge is 0.153 e. The third-order valence-corrected chi connectivity index (χ3v) is 2.98. The molecule has 1 heterocycles. The van der Waals surface area contributed by atoms with Gasteiger partial charge in [-0.25, -0.2) is 4.68 Å². The van der Waals surface area contributed by atoms with E-state index in [2.05, 4.69) is 5.10 Å². The van der Waals surface area contributed by atoms with E-state index in [1.807, 2.05) is 26.0 Å². The van der Waals surface area contributed by atoms with Gasteiger partial charge in [-0.05, 0) is 38.0 Å². The fourth-order valence-electron chi connectivity index (χ4n) is 1.90. The molecule has 0 bridgehead atoms. The van der Waals surface area contributed by atoms with Crippen molar-refractivity contribution in [2.24, 2.45) is 0 Å². The maximum Gasteiger partial charge on any atom is 0.153 e. The molecular weight excluding hydrogens is 236 g/mol. The zero-order chi connectivity index (χ0) is 12.6. The first-order valence-electron chi connectivity index (χ1n) is 5.31. The van der Waals surface area contributed by atoms with Gasteiger partial charge in [0, 0.05) is 6.20 Å². The number of carbonyl (C=O) groups is 1. The third-order valence-electron chi connectivity index (χ3n) is 2.69. The predicted octanol–water partition coefficient (Wildman–Crippen LogP) is 3.26. The number of nitrogens with zero attached hydrogens (tertiary/aromatic N) is 2. The van der Waals surface area contributed by atoms with Crippen LogP contribution in [0.1, 0.15) is 27.2 Å². The number of rotatable bonds is 2. The molecular formula is C13H13ClN2O. The molecule has 0 N–H and O–H groups in total. The average molecular weight is 249 g/mol. The second kappa shape index (κ2) is 4.34. The van der Waals surface area contributed by atoms with E-state index in [4.69, 9.17) is 11.6 Å². The van der Waals surface area contributed by atoms with E-state index in [0.717, 1.165) is 23.1 Å². The van der Waals surface area contributed by atoms with Crippen LogP contribution in [0.4, 0.5) is 0 Å². The van der Waals surface area contributed by atoms with Gasteiger partial charge < -0.3 is 0 Å². The van der Waals surface area contributed by atoms with Crippen molar-refractivity contribution in [3.05, 3.63) is 45.7 Å². The first kappa shape index (κ1) is 11.9. The van der Waals surface area contributed by atoms with E-state index in [1.54, 1.807) is 17.8 Å². The van der Waals surface area contributed by atoms with Gasteiger partial charge in [0.2, 0.25) is 0 Å². The Bertz CT molecular complexity index is 564. The van der Waals surface area contributed by atoms with Crippen LogP contribution in [0.25, 0.3) is 5.69 Å². The first-order chi connectivity index (χ1) is 8.02. The molecule has 1 aromatic carbocycles. The van der Waals surface area contributed by atoms with Gasteiger partial charge in [0.05, 0.1) is 22.0 Å². The summed E-state index contributed by atoms with van der Waals surface area (Å²) < 4.78 is 1.66. The highest BCUT2D eigenvalue weighted by Gasteiger charge is 2.11. The summed E-state index contributed by atoms with van der Waals surface area (Å²) in [5.41, 5.74) is 4.26. The van der Waals surface area contributed by atoms with Gasteiger partial charge in [-0.1, -0.05) is 17.7 Å². The standard InChI is InChI=1S/C13H13ClN2O/c1-8-4-9(2)13(12(14)5-8)16-6-11(7-17)10(3)15-16/h4-7H,1-3H3. The summed E-state index contributed by atoms with van der Waals surface area (Å²) in [5, 5.41) is 4.95. The van der Waals surface area contributed by atoms with Gasteiger partial charge in [-0.3, -0.25) is 4.79 Å². The molecule has 0 saturated carbocycles. The van der Waals surface area contributed by atoms with Gasteiger partial charge in [0.15, 0.2) is 6.29 Å². The molecule has 0 unspecified atom stereocenters. The molecule has 0 aliphatic carbocycles. The van der Waals surface area contributed by atoms with Gasteiger partial charge in [-0.2, -0.15) is 5.10 Å². The highest BCUT2D eigenvalue weighted by atomic mass is 35.5. The summed E-state index contributed by atoms with van der Waals surface area (Å²) in [7, 11) is 0. The molecule has 0 saturated heterocycles. The molecule has 1 aromatic heterocycles. The number of hydrogen-bond donors (Lipinski definition) is 0. The monoisotopic (exact) mass is 248 g/mol.